The van der Waals surface area contributed by atoms with Gasteiger partial charge in [-0.2, -0.15) is 0 Å². The van der Waals surface area contributed by atoms with Crippen molar-refractivity contribution < 1.29 is 0 Å². The van der Waals surface area contributed by atoms with E-state index in [-0.39, 0.29) is 0 Å². The van der Waals surface area contributed by atoms with E-state index in [0.717, 1.165) is 56.7 Å². The molecule has 0 bridgehead atoms. The highest BCUT2D eigenvalue weighted by Crippen LogP contribution is 2.39. The summed E-state index contributed by atoms with van der Waals surface area (Å²) in [6.45, 7) is 0. The molecule has 9 aromatic rings. The molecule has 9 rings (SSSR count). The fourth-order valence-electron chi connectivity index (χ4n) is 6.22. The Labute approximate surface area is 311 Å². The van der Waals surface area contributed by atoms with Crippen LogP contribution < -0.4 is 0 Å². The van der Waals surface area contributed by atoms with Gasteiger partial charge in [-0.3, -0.25) is 19.9 Å². The molecule has 54 heavy (non-hydrogen) atoms. The van der Waals surface area contributed by atoms with Crippen LogP contribution in [0.3, 0.4) is 0 Å². The van der Waals surface area contributed by atoms with E-state index in [1.54, 1.807) is 24.8 Å². The van der Waals surface area contributed by atoms with Crippen molar-refractivity contribution in [2.75, 3.05) is 0 Å². The Morgan fingerprint density at radius 3 is 0.815 bits per heavy atom. The number of nitrogens with zero attached hydrogens (tertiary/aromatic N) is 9. The summed E-state index contributed by atoms with van der Waals surface area (Å²) in [5.74, 6) is 0. The SMILES string of the molecule is c1ccc(-c2cccc(-c3cc(-c4cccc(-c5ccccn5)n4)c(-c4cccc(-c5ccccn5)n4)nc3-c3cccc(-c4ccccn4)n3)n2)nc1. The van der Waals surface area contributed by atoms with Crippen molar-refractivity contribution >= 4 is 0 Å². The number of pyridine rings is 9. The zero-order valence-electron chi connectivity index (χ0n) is 28.8. The largest absolute Gasteiger partial charge is 0.255 e. The van der Waals surface area contributed by atoms with Crippen LogP contribution in [0.25, 0.3) is 90.8 Å². The second-order valence-corrected chi connectivity index (χ2v) is 12.3. The average Bonchev–Trinajstić information content (AvgIpc) is 3.27. The van der Waals surface area contributed by atoms with Gasteiger partial charge in [0.2, 0.25) is 0 Å². The van der Waals surface area contributed by atoms with Crippen LogP contribution in [-0.2, 0) is 0 Å². The molecule has 0 saturated heterocycles. The number of hydrogen-bond donors (Lipinski definition) is 0. The van der Waals surface area contributed by atoms with Crippen LogP contribution in [-0.4, -0.2) is 44.9 Å². The number of aromatic nitrogens is 9. The van der Waals surface area contributed by atoms with Crippen LogP contribution in [0.1, 0.15) is 0 Å². The summed E-state index contributed by atoms with van der Waals surface area (Å²) in [5, 5.41) is 0. The fourth-order valence-corrected chi connectivity index (χ4v) is 6.22. The van der Waals surface area contributed by atoms with E-state index in [9.17, 15) is 0 Å². The lowest BCUT2D eigenvalue weighted by Gasteiger charge is -2.17. The molecule has 0 fully saturated rings. The Kier molecular flexibility index (Phi) is 8.68. The zero-order chi connectivity index (χ0) is 36.1. The third-order valence-corrected chi connectivity index (χ3v) is 8.77. The molecular formula is C45H29N9. The molecule has 9 heterocycles. The Morgan fingerprint density at radius 2 is 0.500 bits per heavy atom. The Hall–Kier alpha value is -7.65. The first-order valence-corrected chi connectivity index (χ1v) is 17.4. The molecule has 0 amide bonds. The van der Waals surface area contributed by atoms with Crippen molar-refractivity contribution in [2.45, 2.75) is 0 Å². The van der Waals surface area contributed by atoms with Gasteiger partial charge in [0.05, 0.1) is 79.7 Å². The molecule has 0 radical (unpaired) electrons. The maximum atomic E-state index is 5.46. The van der Waals surface area contributed by atoms with Crippen molar-refractivity contribution in [3.8, 4) is 90.8 Å². The van der Waals surface area contributed by atoms with Gasteiger partial charge in [-0.1, -0.05) is 48.5 Å². The first-order valence-electron chi connectivity index (χ1n) is 17.4. The van der Waals surface area contributed by atoms with Crippen molar-refractivity contribution in [1.82, 2.24) is 44.9 Å². The predicted molar refractivity (Wildman–Crippen MR) is 210 cm³/mol. The fraction of sp³-hybridized carbons (Fsp3) is 0. The third kappa shape index (κ3) is 6.60. The Morgan fingerprint density at radius 1 is 0.222 bits per heavy atom. The standard InChI is InChI=1S/C45H29N9/c1-5-25-46-34(13-1)38-19-9-17-32(50-38)30-29-31(33-18-10-20-39(51-33)35-14-2-6-26-47-35)45(43-24-12-22-41(53-43)37-16-4-8-28-49-37)54-44(30)42-23-11-21-40(52-42)36-15-3-7-27-48-36/h1-29H. The summed E-state index contributed by atoms with van der Waals surface area (Å²) >= 11 is 0. The molecule has 9 heteroatoms. The second kappa shape index (κ2) is 14.5. The maximum absolute atomic E-state index is 5.46. The van der Waals surface area contributed by atoms with Crippen LogP contribution in [0.5, 0.6) is 0 Å². The first kappa shape index (κ1) is 32.3. The molecular weight excluding hydrogens is 667 g/mol. The van der Waals surface area contributed by atoms with E-state index in [0.29, 0.717) is 34.2 Å². The summed E-state index contributed by atoms with van der Waals surface area (Å²) in [5.41, 5.74) is 11.5. The molecule has 0 aliphatic heterocycles. The van der Waals surface area contributed by atoms with Gasteiger partial charge in [0.25, 0.3) is 0 Å². The molecule has 0 aliphatic carbocycles. The van der Waals surface area contributed by atoms with Crippen LogP contribution in [0, 0.1) is 0 Å². The summed E-state index contributed by atoms with van der Waals surface area (Å²) in [6, 6.07) is 48.9. The average molecular weight is 696 g/mol. The molecule has 9 aromatic heterocycles. The van der Waals surface area contributed by atoms with Gasteiger partial charge in [0.15, 0.2) is 0 Å². The van der Waals surface area contributed by atoms with E-state index in [1.165, 1.54) is 0 Å². The highest BCUT2D eigenvalue weighted by molar-refractivity contribution is 5.89. The minimum atomic E-state index is 0.628. The van der Waals surface area contributed by atoms with Gasteiger partial charge in [0.1, 0.15) is 0 Å². The third-order valence-electron chi connectivity index (χ3n) is 8.77. The van der Waals surface area contributed by atoms with Crippen molar-refractivity contribution in [3.63, 3.8) is 0 Å². The van der Waals surface area contributed by atoms with Crippen LogP contribution in [0.15, 0.2) is 176 Å². The van der Waals surface area contributed by atoms with Crippen molar-refractivity contribution in [1.29, 1.82) is 0 Å². The molecule has 0 atom stereocenters. The lowest BCUT2D eigenvalue weighted by molar-refractivity contribution is 1.18. The number of rotatable bonds is 8. The van der Waals surface area contributed by atoms with E-state index >= 15 is 0 Å². The smallest absolute Gasteiger partial charge is 0.0989 e. The minimum absolute atomic E-state index is 0.628. The molecule has 0 spiro atoms. The van der Waals surface area contributed by atoms with Gasteiger partial charge in [0, 0.05) is 35.9 Å². The molecule has 0 unspecified atom stereocenters. The minimum Gasteiger partial charge on any atom is -0.255 e. The highest BCUT2D eigenvalue weighted by atomic mass is 14.9. The van der Waals surface area contributed by atoms with Gasteiger partial charge < -0.3 is 0 Å². The summed E-state index contributed by atoms with van der Waals surface area (Å²) in [4.78, 5) is 44.3. The maximum Gasteiger partial charge on any atom is 0.0989 e. The van der Waals surface area contributed by atoms with Crippen LogP contribution >= 0.6 is 0 Å². The number of hydrogen-bond acceptors (Lipinski definition) is 9. The summed E-state index contributed by atoms with van der Waals surface area (Å²) in [6.07, 6.45) is 7.06. The van der Waals surface area contributed by atoms with Crippen LogP contribution in [0.4, 0.5) is 0 Å². The molecule has 9 nitrogen and oxygen atoms in total. The lowest BCUT2D eigenvalue weighted by atomic mass is 9.97. The van der Waals surface area contributed by atoms with Gasteiger partial charge in [-0.25, -0.2) is 24.9 Å². The molecule has 0 aromatic carbocycles. The van der Waals surface area contributed by atoms with Crippen molar-refractivity contribution in [2.24, 2.45) is 0 Å². The normalized spacial score (nSPS) is 11.0. The Balaban J connectivity index is 1.32. The lowest BCUT2D eigenvalue weighted by Crippen LogP contribution is -2.02. The molecule has 0 aliphatic rings. The quantitative estimate of drug-likeness (QED) is 0.153. The van der Waals surface area contributed by atoms with Gasteiger partial charge in [-0.15, -0.1) is 0 Å². The first-order chi connectivity index (χ1) is 26.8. The molecule has 0 N–H and O–H groups in total. The van der Waals surface area contributed by atoms with Gasteiger partial charge in [-0.05, 0) is 103 Å². The topological polar surface area (TPSA) is 116 Å². The van der Waals surface area contributed by atoms with Crippen LogP contribution in [0.2, 0.25) is 0 Å². The Bertz CT molecular complexity index is 2330. The molecule has 254 valence electrons. The van der Waals surface area contributed by atoms with E-state index in [4.69, 9.17) is 24.9 Å². The van der Waals surface area contributed by atoms with Gasteiger partial charge >= 0.3 is 0 Å². The predicted octanol–water partition coefficient (Wildman–Crippen LogP) is 9.58. The van der Waals surface area contributed by atoms with Crippen molar-refractivity contribution in [3.05, 3.63) is 176 Å². The zero-order valence-corrected chi connectivity index (χ0v) is 28.8. The monoisotopic (exact) mass is 695 g/mol. The molecule has 0 saturated carbocycles. The summed E-state index contributed by atoms with van der Waals surface area (Å²) < 4.78 is 0. The second-order valence-electron chi connectivity index (χ2n) is 12.3. The van der Waals surface area contributed by atoms with E-state index in [1.807, 2.05) is 146 Å². The highest BCUT2D eigenvalue weighted by Gasteiger charge is 2.22. The summed E-state index contributed by atoms with van der Waals surface area (Å²) in [7, 11) is 0. The van der Waals surface area contributed by atoms with E-state index < -0.39 is 0 Å². The van der Waals surface area contributed by atoms with E-state index in [2.05, 4.69) is 26.0 Å².